The predicted octanol–water partition coefficient (Wildman–Crippen LogP) is 3.56. The zero-order valence-corrected chi connectivity index (χ0v) is 15.9. The molecule has 0 saturated carbocycles. The number of aryl methyl sites for hydroxylation is 3. The summed E-state index contributed by atoms with van der Waals surface area (Å²) in [5.74, 6) is 2.72. The zero-order valence-electron chi connectivity index (χ0n) is 15.9. The van der Waals surface area contributed by atoms with Crippen molar-refractivity contribution < 1.29 is 9.26 Å². The van der Waals surface area contributed by atoms with E-state index in [4.69, 9.17) is 19.3 Å². The lowest BCUT2D eigenvalue weighted by atomic mass is 10.1. The topological polar surface area (TPSA) is 78.9 Å². The van der Waals surface area contributed by atoms with Crippen LogP contribution in [0.3, 0.4) is 0 Å². The van der Waals surface area contributed by atoms with E-state index in [-0.39, 0.29) is 0 Å². The largest absolute Gasteiger partial charge is 0.380 e. The van der Waals surface area contributed by atoms with E-state index >= 15 is 0 Å². The third kappa shape index (κ3) is 3.70. The van der Waals surface area contributed by atoms with Crippen LogP contribution in [-0.2, 0) is 24.2 Å². The number of hydrogen-bond donors (Lipinski definition) is 0. The van der Waals surface area contributed by atoms with Crippen LogP contribution >= 0.6 is 0 Å². The molecule has 0 N–H and O–H groups in total. The van der Waals surface area contributed by atoms with Gasteiger partial charge in [0.1, 0.15) is 5.76 Å². The molecule has 4 aromatic rings. The molecule has 0 aliphatic rings. The summed E-state index contributed by atoms with van der Waals surface area (Å²) in [4.78, 5) is 9.18. The second-order valence-corrected chi connectivity index (χ2v) is 6.44. The Balaban J connectivity index is 1.73. The number of rotatable bonds is 7. The standard InChI is InChI=1S/C21H21N5O2/c1-15-17(14-27-2)20(25-28-15)21-23-18(12-11-16-8-4-3-5-9-16)24-26(21)19-10-6-7-13-22-19/h3-10,13H,11-12,14H2,1-2H3. The van der Waals surface area contributed by atoms with Crippen LogP contribution in [0.1, 0.15) is 22.7 Å². The number of nitrogens with zero attached hydrogens (tertiary/aromatic N) is 5. The average molecular weight is 375 g/mol. The van der Waals surface area contributed by atoms with Gasteiger partial charge in [-0.2, -0.15) is 4.68 Å². The van der Waals surface area contributed by atoms with Gasteiger partial charge in [0, 0.05) is 19.7 Å². The highest BCUT2D eigenvalue weighted by atomic mass is 16.5. The molecule has 0 amide bonds. The van der Waals surface area contributed by atoms with Crippen molar-refractivity contribution in [2.45, 2.75) is 26.4 Å². The van der Waals surface area contributed by atoms with Crippen molar-refractivity contribution >= 4 is 0 Å². The zero-order chi connectivity index (χ0) is 19.3. The van der Waals surface area contributed by atoms with E-state index in [0.29, 0.717) is 36.1 Å². The molecule has 0 aliphatic heterocycles. The van der Waals surface area contributed by atoms with Gasteiger partial charge in [-0.05, 0) is 31.0 Å². The van der Waals surface area contributed by atoms with Crippen LogP contribution in [0.25, 0.3) is 17.3 Å². The molecular weight excluding hydrogens is 354 g/mol. The van der Waals surface area contributed by atoms with Gasteiger partial charge in [0.25, 0.3) is 0 Å². The molecule has 28 heavy (non-hydrogen) atoms. The van der Waals surface area contributed by atoms with Gasteiger partial charge in [-0.25, -0.2) is 9.97 Å². The average Bonchev–Trinajstić information content (AvgIpc) is 3.32. The molecule has 0 bridgehead atoms. The maximum absolute atomic E-state index is 5.40. The van der Waals surface area contributed by atoms with Crippen LogP contribution in [0, 0.1) is 6.92 Å². The van der Waals surface area contributed by atoms with E-state index in [1.807, 2.05) is 43.3 Å². The Kier molecular flexibility index (Phi) is 5.25. The van der Waals surface area contributed by atoms with Gasteiger partial charge in [0.05, 0.1) is 12.2 Å². The fourth-order valence-electron chi connectivity index (χ4n) is 3.03. The minimum absolute atomic E-state index is 0.388. The molecule has 4 rings (SSSR count). The number of methoxy groups -OCH3 is 1. The highest BCUT2D eigenvalue weighted by molar-refractivity contribution is 5.57. The minimum Gasteiger partial charge on any atom is -0.380 e. The van der Waals surface area contributed by atoms with Crippen LogP contribution in [0.5, 0.6) is 0 Å². The van der Waals surface area contributed by atoms with Gasteiger partial charge < -0.3 is 9.26 Å². The number of pyridine rings is 1. The molecule has 3 aromatic heterocycles. The second kappa shape index (κ2) is 8.14. The van der Waals surface area contributed by atoms with Gasteiger partial charge in [-0.15, -0.1) is 5.10 Å². The number of aromatic nitrogens is 5. The third-order valence-electron chi connectivity index (χ3n) is 4.48. The van der Waals surface area contributed by atoms with Crippen molar-refractivity contribution in [1.29, 1.82) is 0 Å². The van der Waals surface area contributed by atoms with E-state index < -0.39 is 0 Å². The fraction of sp³-hybridized carbons (Fsp3) is 0.238. The molecule has 0 aliphatic carbocycles. The molecule has 0 unspecified atom stereocenters. The molecular formula is C21H21N5O2. The van der Waals surface area contributed by atoms with Crippen LogP contribution in [0.4, 0.5) is 0 Å². The summed E-state index contributed by atoms with van der Waals surface area (Å²) in [5.41, 5.74) is 2.74. The highest BCUT2D eigenvalue weighted by Gasteiger charge is 2.22. The van der Waals surface area contributed by atoms with Gasteiger partial charge in [0.15, 0.2) is 23.2 Å². The highest BCUT2D eigenvalue weighted by Crippen LogP contribution is 2.26. The fourth-order valence-corrected chi connectivity index (χ4v) is 3.03. The van der Waals surface area contributed by atoms with Crippen molar-refractivity contribution in [2.75, 3.05) is 7.11 Å². The molecule has 0 spiro atoms. The summed E-state index contributed by atoms with van der Waals surface area (Å²) >= 11 is 0. The van der Waals surface area contributed by atoms with Crippen molar-refractivity contribution in [3.8, 4) is 17.3 Å². The number of hydrogen-bond acceptors (Lipinski definition) is 6. The van der Waals surface area contributed by atoms with Crippen molar-refractivity contribution in [2.24, 2.45) is 0 Å². The first-order valence-electron chi connectivity index (χ1n) is 9.12. The van der Waals surface area contributed by atoms with E-state index in [1.165, 1.54) is 5.56 Å². The Morgan fingerprint density at radius 3 is 2.61 bits per heavy atom. The Morgan fingerprint density at radius 1 is 1.04 bits per heavy atom. The molecule has 142 valence electrons. The summed E-state index contributed by atoms with van der Waals surface area (Å²) in [6.45, 7) is 2.25. The van der Waals surface area contributed by atoms with Gasteiger partial charge in [-0.3, -0.25) is 0 Å². The number of benzene rings is 1. The lowest BCUT2D eigenvalue weighted by Gasteiger charge is -2.04. The summed E-state index contributed by atoms with van der Waals surface area (Å²) in [6, 6.07) is 16.0. The Morgan fingerprint density at radius 2 is 1.86 bits per heavy atom. The maximum atomic E-state index is 5.40. The minimum atomic E-state index is 0.388. The van der Waals surface area contributed by atoms with E-state index in [2.05, 4.69) is 22.3 Å². The molecule has 0 fully saturated rings. The van der Waals surface area contributed by atoms with E-state index in [1.54, 1.807) is 18.0 Å². The molecule has 0 radical (unpaired) electrons. The molecule has 0 saturated heterocycles. The summed E-state index contributed by atoms with van der Waals surface area (Å²) in [6.07, 6.45) is 3.30. The predicted molar refractivity (Wildman–Crippen MR) is 104 cm³/mol. The van der Waals surface area contributed by atoms with E-state index in [0.717, 1.165) is 17.8 Å². The van der Waals surface area contributed by atoms with Gasteiger partial charge in [0.2, 0.25) is 0 Å². The molecule has 3 heterocycles. The first-order chi connectivity index (χ1) is 13.8. The SMILES string of the molecule is COCc1c(-c2nc(CCc3ccccc3)nn2-c2ccccn2)noc1C. The van der Waals surface area contributed by atoms with Gasteiger partial charge in [-0.1, -0.05) is 41.6 Å². The summed E-state index contributed by atoms with van der Waals surface area (Å²) < 4.78 is 12.4. The monoisotopic (exact) mass is 375 g/mol. The van der Waals surface area contributed by atoms with E-state index in [9.17, 15) is 0 Å². The van der Waals surface area contributed by atoms with Crippen LogP contribution in [0.2, 0.25) is 0 Å². The molecule has 1 aromatic carbocycles. The quantitative estimate of drug-likeness (QED) is 0.491. The van der Waals surface area contributed by atoms with Crippen molar-refractivity contribution in [1.82, 2.24) is 24.9 Å². The Bertz CT molecular complexity index is 1040. The lowest BCUT2D eigenvalue weighted by Crippen LogP contribution is -2.04. The Hall–Kier alpha value is -3.32. The van der Waals surface area contributed by atoms with Crippen molar-refractivity contribution in [3.63, 3.8) is 0 Å². The normalized spacial score (nSPS) is 11.1. The Labute approximate surface area is 163 Å². The second-order valence-electron chi connectivity index (χ2n) is 6.44. The molecule has 7 heteroatoms. The van der Waals surface area contributed by atoms with Crippen molar-refractivity contribution in [3.05, 3.63) is 77.4 Å². The first kappa shape index (κ1) is 18.1. The van der Waals surface area contributed by atoms with Crippen LogP contribution < -0.4 is 0 Å². The smallest absolute Gasteiger partial charge is 0.187 e. The third-order valence-corrected chi connectivity index (χ3v) is 4.48. The summed E-state index contributed by atoms with van der Waals surface area (Å²) in [5, 5.41) is 8.92. The lowest BCUT2D eigenvalue weighted by molar-refractivity contribution is 0.183. The summed E-state index contributed by atoms with van der Waals surface area (Å²) in [7, 11) is 1.64. The molecule has 7 nitrogen and oxygen atoms in total. The van der Waals surface area contributed by atoms with Gasteiger partial charge >= 0.3 is 0 Å². The van der Waals surface area contributed by atoms with Crippen LogP contribution in [0.15, 0.2) is 59.3 Å². The first-order valence-corrected chi connectivity index (χ1v) is 9.12. The van der Waals surface area contributed by atoms with Crippen LogP contribution in [-0.4, -0.2) is 32.0 Å². The molecule has 0 atom stereocenters. The number of ether oxygens (including phenoxy) is 1. The maximum Gasteiger partial charge on any atom is 0.187 e.